The molecule has 21 heavy (non-hydrogen) atoms. The lowest BCUT2D eigenvalue weighted by molar-refractivity contribution is -0.131. The van der Waals surface area contributed by atoms with E-state index in [2.05, 4.69) is 26.8 Å². The second-order valence-electron chi connectivity index (χ2n) is 4.08. The fourth-order valence-corrected chi connectivity index (χ4v) is 1.70. The van der Waals surface area contributed by atoms with Crippen LogP contribution in [0.3, 0.4) is 0 Å². The molecule has 0 spiro atoms. The number of hydrazine groups is 1. The monoisotopic (exact) mass is 352 g/mol. The fourth-order valence-electron chi connectivity index (χ4n) is 1.32. The predicted molar refractivity (Wildman–Crippen MR) is 84.5 cm³/mol. The molecule has 0 heterocycles. The van der Waals surface area contributed by atoms with Crippen LogP contribution >= 0.6 is 15.9 Å². The summed E-state index contributed by atoms with van der Waals surface area (Å²) in [6.07, 6.45) is 5.64. The van der Waals surface area contributed by atoms with Crippen LogP contribution in [0.15, 0.2) is 53.0 Å². The van der Waals surface area contributed by atoms with Gasteiger partial charge in [-0.25, -0.2) is 0 Å². The first-order valence-electron chi connectivity index (χ1n) is 6.34. The summed E-state index contributed by atoms with van der Waals surface area (Å²) >= 11 is 3.32. The second kappa shape index (κ2) is 8.97. The quantitative estimate of drug-likeness (QED) is 0.486. The number of halogens is 1. The maximum Gasteiger partial charge on any atom is 0.279 e. The number of hydrogen-bond donors (Lipinski definition) is 2. The van der Waals surface area contributed by atoms with Gasteiger partial charge in [-0.1, -0.05) is 40.2 Å². The van der Waals surface area contributed by atoms with E-state index in [1.54, 1.807) is 43.4 Å². The van der Waals surface area contributed by atoms with Crippen molar-refractivity contribution in [3.63, 3.8) is 0 Å². The first-order valence-corrected chi connectivity index (χ1v) is 7.13. The first-order chi connectivity index (χ1) is 10.0. The largest absolute Gasteiger partial charge is 0.481 e. The van der Waals surface area contributed by atoms with E-state index < -0.39 is 17.9 Å². The minimum absolute atomic E-state index is 0.420. The van der Waals surface area contributed by atoms with E-state index in [9.17, 15) is 9.59 Å². The molecular formula is C15H17BrN2O3. The van der Waals surface area contributed by atoms with Gasteiger partial charge >= 0.3 is 0 Å². The first kappa shape index (κ1) is 17.0. The smallest absolute Gasteiger partial charge is 0.279 e. The molecule has 1 rings (SSSR count). The van der Waals surface area contributed by atoms with E-state index in [0.717, 1.165) is 4.47 Å². The normalized spacial score (nSPS) is 12.3. The van der Waals surface area contributed by atoms with Gasteiger partial charge in [-0.2, -0.15) is 0 Å². The van der Waals surface area contributed by atoms with Crippen molar-refractivity contribution in [2.24, 2.45) is 0 Å². The maximum atomic E-state index is 11.8. The highest BCUT2D eigenvalue weighted by Gasteiger charge is 2.14. The van der Waals surface area contributed by atoms with E-state index in [4.69, 9.17) is 4.74 Å². The van der Waals surface area contributed by atoms with Crippen molar-refractivity contribution >= 4 is 27.7 Å². The Bertz CT molecular complexity index is 556. The number of nitrogens with one attached hydrogen (secondary N) is 2. The average Bonchev–Trinajstić information content (AvgIpc) is 2.45. The van der Waals surface area contributed by atoms with Gasteiger partial charge in [0.2, 0.25) is 0 Å². The standard InChI is InChI=1S/C15H17BrN2O3/c1-3-4-5-9-14(19)17-18-15(20)11(2)21-13-8-6-7-12(16)10-13/h3-11H,1-2H3,(H,17,19)(H,18,20)/b4-3+,9-5+/t11-/m0/s1. The number of rotatable bonds is 5. The molecule has 0 saturated heterocycles. The number of carbonyl (C=O) groups excluding carboxylic acids is 2. The van der Waals surface area contributed by atoms with Gasteiger partial charge in [-0.3, -0.25) is 20.4 Å². The number of benzene rings is 1. The molecule has 1 aromatic carbocycles. The number of amides is 2. The third-order valence-electron chi connectivity index (χ3n) is 2.34. The summed E-state index contributed by atoms with van der Waals surface area (Å²) in [6, 6.07) is 7.15. The SMILES string of the molecule is C/C=C/C=C/C(=O)NNC(=O)[C@H](C)Oc1cccc(Br)c1. The van der Waals surface area contributed by atoms with Crippen LogP contribution in [0, 0.1) is 0 Å². The molecule has 0 bridgehead atoms. The Kier molecular flexibility index (Phi) is 7.25. The molecule has 1 atom stereocenters. The van der Waals surface area contributed by atoms with Crippen LogP contribution in [0.2, 0.25) is 0 Å². The van der Waals surface area contributed by atoms with E-state index in [-0.39, 0.29) is 0 Å². The molecule has 0 aliphatic rings. The van der Waals surface area contributed by atoms with Crippen LogP contribution in [0.4, 0.5) is 0 Å². The Balaban J connectivity index is 2.43. The average molecular weight is 353 g/mol. The maximum absolute atomic E-state index is 11.8. The predicted octanol–water partition coefficient (Wildman–Crippen LogP) is 2.50. The Morgan fingerprint density at radius 2 is 2.05 bits per heavy atom. The lowest BCUT2D eigenvalue weighted by Crippen LogP contribution is -2.46. The summed E-state index contributed by atoms with van der Waals surface area (Å²) in [5, 5.41) is 0. The number of carbonyl (C=O) groups is 2. The Hall–Kier alpha value is -2.08. The van der Waals surface area contributed by atoms with Crippen LogP contribution in [0.5, 0.6) is 5.75 Å². The van der Waals surface area contributed by atoms with Gasteiger partial charge in [0.25, 0.3) is 11.8 Å². The molecule has 0 aromatic heterocycles. The molecule has 0 fully saturated rings. The van der Waals surface area contributed by atoms with Crippen molar-refractivity contribution in [3.8, 4) is 5.75 Å². The number of hydrogen-bond acceptors (Lipinski definition) is 3. The topological polar surface area (TPSA) is 67.4 Å². The molecule has 5 nitrogen and oxygen atoms in total. The summed E-state index contributed by atoms with van der Waals surface area (Å²) in [5.41, 5.74) is 4.56. The van der Waals surface area contributed by atoms with E-state index >= 15 is 0 Å². The van der Waals surface area contributed by atoms with Gasteiger partial charge < -0.3 is 4.74 Å². The van der Waals surface area contributed by atoms with Gasteiger partial charge in [0.05, 0.1) is 0 Å². The van der Waals surface area contributed by atoms with Crippen LogP contribution < -0.4 is 15.6 Å². The van der Waals surface area contributed by atoms with Crippen molar-refractivity contribution in [1.82, 2.24) is 10.9 Å². The molecule has 0 unspecified atom stereocenters. The van der Waals surface area contributed by atoms with Crippen molar-refractivity contribution in [1.29, 1.82) is 0 Å². The Labute approximate surface area is 132 Å². The Morgan fingerprint density at radius 3 is 2.71 bits per heavy atom. The minimum Gasteiger partial charge on any atom is -0.481 e. The van der Waals surface area contributed by atoms with Crippen LogP contribution in [0.1, 0.15) is 13.8 Å². The summed E-state index contributed by atoms with van der Waals surface area (Å²) in [4.78, 5) is 23.1. The molecule has 2 amide bonds. The second-order valence-corrected chi connectivity index (χ2v) is 5.00. The molecule has 0 saturated carbocycles. The van der Waals surface area contributed by atoms with Crippen LogP contribution in [-0.2, 0) is 9.59 Å². The highest BCUT2D eigenvalue weighted by atomic mass is 79.9. The number of ether oxygens (including phenoxy) is 1. The third-order valence-corrected chi connectivity index (χ3v) is 2.83. The molecule has 112 valence electrons. The zero-order chi connectivity index (χ0) is 15.7. The van der Waals surface area contributed by atoms with Gasteiger partial charge in [0.1, 0.15) is 5.75 Å². The molecule has 2 N–H and O–H groups in total. The van der Waals surface area contributed by atoms with Crippen LogP contribution in [0.25, 0.3) is 0 Å². The third kappa shape index (κ3) is 6.76. The van der Waals surface area contributed by atoms with Gasteiger partial charge in [-0.05, 0) is 32.0 Å². The van der Waals surface area contributed by atoms with E-state index in [1.807, 2.05) is 13.0 Å². The molecule has 6 heteroatoms. The van der Waals surface area contributed by atoms with Crippen molar-refractivity contribution in [2.45, 2.75) is 20.0 Å². The fraction of sp³-hybridized carbons (Fsp3) is 0.200. The minimum atomic E-state index is -0.737. The highest BCUT2D eigenvalue weighted by molar-refractivity contribution is 9.10. The summed E-state index contributed by atoms with van der Waals surface area (Å²) < 4.78 is 6.32. The molecule has 0 aliphatic carbocycles. The molecule has 0 aliphatic heterocycles. The zero-order valence-electron chi connectivity index (χ0n) is 11.8. The zero-order valence-corrected chi connectivity index (χ0v) is 13.4. The Morgan fingerprint density at radius 1 is 1.29 bits per heavy atom. The van der Waals surface area contributed by atoms with Crippen molar-refractivity contribution in [3.05, 3.63) is 53.0 Å². The van der Waals surface area contributed by atoms with Crippen molar-refractivity contribution in [2.75, 3.05) is 0 Å². The van der Waals surface area contributed by atoms with E-state index in [0.29, 0.717) is 5.75 Å². The lowest BCUT2D eigenvalue weighted by Gasteiger charge is -2.14. The summed E-state index contributed by atoms with van der Waals surface area (Å²) in [6.45, 7) is 3.43. The highest BCUT2D eigenvalue weighted by Crippen LogP contribution is 2.18. The van der Waals surface area contributed by atoms with Gasteiger partial charge in [0, 0.05) is 10.5 Å². The van der Waals surface area contributed by atoms with Crippen LogP contribution in [-0.4, -0.2) is 17.9 Å². The molecule has 1 aromatic rings. The molecule has 0 radical (unpaired) electrons. The lowest BCUT2D eigenvalue weighted by atomic mass is 10.3. The van der Waals surface area contributed by atoms with Gasteiger partial charge in [-0.15, -0.1) is 0 Å². The molecular weight excluding hydrogens is 336 g/mol. The van der Waals surface area contributed by atoms with E-state index in [1.165, 1.54) is 6.08 Å². The number of allylic oxidation sites excluding steroid dienone is 3. The summed E-state index contributed by atoms with van der Waals surface area (Å²) in [7, 11) is 0. The van der Waals surface area contributed by atoms with Gasteiger partial charge in [0.15, 0.2) is 6.10 Å². The van der Waals surface area contributed by atoms with Crippen molar-refractivity contribution < 1.29 is 14.3 Å². The summed E-state index contributed by atoms with van der Waals surface area (Å²) in [5.74, 6) is -0.301.